The van der Waals surface area contributed by atoms with Gasteiger partial charge in [-0.1, -0.05) is 18.7 Å². The van der Waals surface area contributed by atoms with E-state index >= 15 is 0 Å². The zero-order valence-electron chi connectivity index (χ0n) is 14.4. The van der Waals surface area contributed by atoms with Crippen LogP contribution in [-0.4, -0.2) is 52.0 Å². The predicted octanol–water partition coefficient (Wildman–Crippen LogP) is 1.62. The third kappa shape index (κ3) is 5.59. The van der Waals surface area contributed by atoms with Crippen molar-refractivity contribution in [2.75, 3.05) is 12.3 Å². The molecular weight excluding hydrogens is 356 g/mol. The molecule has 3 amide bonds. The summed E-state index contributed by atoms with van der Waals surface area (Å²) in [7, 11) is 0. The number of piperidine rings is 1. The summed E-state index contributed by atoms with van der Waals surface area (Å²) >= 11 is 1.48. The number of carbonyl (C=O) groups excluding carboxylic acids is 3. The Kier molecular flexibility index (Phi) is 7.20. The van der Waals surface area contributed by atoms with Crippen molar-refractivity contribution in [1.29, 1.82) is 0 Å². The molecule has 1 fully saturated rings. The third-order valence-corrected chi connectivity index (χ3v) is 5.31. The highest BCUT2D eigenvalue weighted by atomic mass is 32.2. The van der Waals surface area contributed by atoms with Crippen LogP contribution in [0.5, 0.6) is 0 Å². The summed E-state index contributed by atoms with van der Waals surface area (Å²) < 4.78 is 0. The van der Waals surface area contributed by atoms with E-state index in [1.54, 1.807) is 12.2 Å². The van der Waals surface area contributed by atoms with Gasteiger partial charge in [0.1, 0.15) is 6.04 Å². The lowest BCUT2D eigenvalue weighted by atomic mass is 10.0. The van der Waals surface area contributed by atoms with E-state index in [0.29, 0.717) is 24.2 Å². The molecule has 2 N–H and O–H groups in total. The number of carboxylic acids is 1. The Hall–Kier alpha value is -2.35. The second-order valence-electron chi connectivity index (χ2n) is 6.10. The maximum absolute atomic E-state index is 12.5. The molecule has 26 heavy (non-hydrogen) atoms. The van der Waals surface area contributed by atoms with E-state index in [4.69, 9.17) is 5.11 Å². The van der Waals surface area contributed by atoms with Gasteiger partial charge in [0.05, 0.1) is 0 Å². The van der Waals surface area contributed by atoms with Crippen LogP contribution in [0, 0.1) is 0 Å². The molecule has 0 aromatic heterocycles. The van der Waals surface area contributed by atoms with Crippen LogP contribution >= 0.6 is 11.8 Å². The zero-order valence-corrected chi connectivity index (χ0v) is 15.2. The molecule has 1 saturated heterocycles. The van der Waals surface area contributed by atoms with Crippen LogP contribution in [0.15, 0.2) is 35.3 Å². The first-order valence-electron chi connectivity index (χ1n) is 8.41. The first-order chi connectivity index (χ1) is 12.4. The molecule has 0 saturated carbocycles. The second kappa shape index (κ2) is 9.38. The largest absolute Gasteiger partial charge is 0.481 e. The Bertz CT molecular complexity index is 683. The number of amides is 3. The van der Waals surface area contributed by atoms with Crippen LogP contribution in [0.25, 0.3) is 0 Å². The van der Waals surface area contributed by atoms with Gasteiger partial charge >= 0.3 is 5.97 Å². The maximum atomic E-state index is 12.5. The molecule has 8 heteroatoms. The summed E-state index contributed by atoms with van der Waals surface area (Å²) in [5.41, 5.74) is 0.690. The molecule has 7 nitrogen and oxygen atoms in total. The van der Waals surface area contributed by atoms with Gasteiger partial charge in [-0.05, 0) is 30.2 Å². The van der Waals surface area contributed by atoms with Crippen LogP contribution < -0.4 is 5.32 Å². The number of nitrogens with one attached hydrogen (secondary N) is 1. The van der Waals surface area contributed by atoms with Crippen molar-refractivity contribution in [3.05, 3.63) is 35.3 Å². The van der Waals surface area contributed by atoms with Crippen LogP contribution in [0.4, 0.5) is 0 Å². The second-order valence-corrected chi connectivity index (χ2v) is 7.24. The van der Waals surface area contributed by atoms with Crippen molar-refractivity contribution in [3.8, 4) is 0 Å². The molecule has 2 heterocycles. The van der Waals surface area contributed by atoms with Gasteiger partial charge in [-0.15, -0.1) is 11.8 Å². The standard InChI is InChI=1S/C18H22N2O5S/c1-12-11-20(13-8-9-15(21)19-18(13)25)16(22)6-3-2-5-14(12)26-10-4-7-17(23)24/h2-3,5,13H,1,4,6-11H2,(H,23,24)(H,19,21,25)/b3-2-,14-5?. The highest BCUT2D eigenvalue weighted by Crippen LogP contribution is 2.27. The van der Waals surface area contributed by atoms with E-state index in [2.05, 4.69) is 11.9 Å². The number of allylic oxidation sites excluding steroid dienone is 2. The summed E-state index contributed by atoms with van der Waals surface area (Å²) in [5.74, 6) is -1.18. The van der Waals surface area contributed by atoms with Gasteiger partial charge in [0.2, 0.25) is 17.7 Å². The van der Waals surface area contributed by atoms with E-state index < -0.39 is 17.9 Å². The van der Waals surface area contributed by atoms with Gasteiger partial charge in [-0.2, -0.15) is 0 Å². The lowest BCUT2D eigenvalue weighted by Crippen LogP contribution is -2.54. The average Bonchev–Trinajstić information content (AvgIpc) is 2.63. The lowest BCUT2D eigenvalue weighted by Gasteiger charge is -2.33. The van der Waals surface area contributed by atoms with Crippen molar-refractivity contribution in [3.63, 3.8) is 0 Å². The van der Waals surface area contributed by atoms with Gasteiger partial charge in [0.15, 0.2) is 0 Å². The molecule has 0 spiro atoms. The average molecular weight is 378 g/mol. The number of thioether (sulfide) groups is 1. The minimum atomic E-state index is -0.831. The quantitative estimate of drug-likeness (QED) is 0.538. The van der Waals surface area contributed by atoms with Crippen molar-refractivity contribution in [2.24, 2.45) is 0 Å². The van der Waals surface area contributed by atoms with E-state index in [9.17, 15) is 19.2 Å². The zero-order chi connectivity index (χ0) is 19.1. The van der Waals surface area contributed by atoms with Crippen LogP contribution in [0.3, 0.4) is 0 Å². The normalized spacial score (nSPS) is 22.8. The Morgan fingerprint density at radius 3 is 2.85 bits per heavy atom. The molecule has 2 rings (SSSR count). The summed E-state index contributed by atoms with van der Waals surface area (Å²) in [6.45, 7) is 4.24. The molecule has 0 radical (unpaired) electrons. The van der Waals surface area contributed by atoms with Gasteiger partial charge in [-0.25, -0.2) is 0 Å². The number of imide groups is 1. The number of nitrogens with zero attached hydrogens (tertiary/aromatic N) is 1. The number of hydrogen-bond acceptors (Lipinski definition) is 5. The van der Waals surface area contributed by atoms with E-state index in [1.165, 1.54) is 16.7 Å². The third-order valence-electron chi connectivity index (χ3n) is 4.09. The SMILES string of the molecule is C=C1CN(C2CCC(=O)NC2=O)C(=O)C/C=C\C=C1SCCCC(=O)O. The molecule has 0 aromatic carbocycles. The summed E-state index contributed by atoms with van der Waals surface area (Å²) in [4.78, 5) is 49.0. The first kappa shape index (κ1) is 20.0. The van der Waals surface area contributed by atoms with E-state index in [0.717, 1.165) is 4.91 Å². The number of hydrogen-bond donors (Lipinski definition) is 2. The van der Waals surface area contributed by atoms with Crippen LogP contribution in [0.2, 0.25) is 0 Å². The summed E-state index contributed by atoms with van der Waals surface area (Å²) in [6, 6.07) is -0.679. The lowest BCUT2D eigenvalue weighted by molar-refractivity contribution is -0.144. The van der Waals surface area contributed by atoms with Crippen molar-refractivity contribution < 1.29 is 24.3 Å². The molecule has 0 bridgehead atoms. The first-order valence-corrected chi connectivity index (χ1v) is 9.39. The van der Waals surface area contributed by atoms with Crippen molar-refractivity contribution in [1.82, 2.24) is 10.2 Å². The molecule has 0 aromatic rings. The molecule has 0 aliphatic carbocycles. The number of aliphatic carboxylic acids is 1. The Morgan fingerprint density at radius 2 is 2.15 bits per heavy atom. The molecule has 1 unspecified atom stereocenters. The van der Waals surface area contributed by atoms with Crippen LogP contribution in [0.1, 0.15) is 32.1 Å². The monoisotopic (exact) mass is 378 g/mol. The fraction of sp³-hybridized carbons (Fsp3) is 0.444. The molecular formula is C18H22N2O5S. The Balaban J connectivity index is 2.07. The Morgan fingerprint density at radius 1 is 1.38 bits per heavy atom. The number of carboxylic acid groups (broad SMARTS) is 1. The predicted molar refractivity (Wildman–Crippen MR) is 98.2 cm³/mol. The maximum Gasteiger partial charge on any atom is 0.303 e. The minimum Gasteiger partial charge on any atom is -0.481 e. The molecule has 2 aliphatic heterocycles. The topological polar surface area (TPSA) is 104 Å². The molecule has 1 atom stereocenters. The van der Waals surface area contributed by atoms with Gasteiger partial charge < -0.3 is 10.0 Å². The summed E-state index contributed by atoms with van der Waals surface area (Å²) in [5, 5.41) is 11.0. The number of carbonyl (C=O) groups is 4. The van der Waals surface area contributed by atoms with Gasteiger partial charge in [0.25, 0.3) is 0 Å². The number of rotatable bonds is 6. The fourth-order valence-corrected chi connectivity index (χ4v) is 3.70. The smallest absolute Gasteiger partial charge is 0.303 e. The highest BCUT2D eigenvalue weighted by molar-refractivity contribution is 8.03. The van der Waals surface area contributed by atoms with Gasteiger partial charge in [-0.3, -0.25) is 24.5 Å². The fourth-order valence-electron chi connectivity index (χ4n) is 2.75. The van der Waals surface area contributed by atoms with Crippen molar-refractivity contribution in [2.45, 2.75) is 38.1 Å². The molecule has 140 valence electrons. The molecule has 2 aliphatic rings. The summed E-state index contributed by atoms with van der Waals surface area (Å²) in [6.07, 6.45) is 6.66. The van der Waals surface area contributed by atoms with E-state index in [-0.39, 0.29) is 37.6 Å². The van der Waals surface area contributed by atoms with E-state index in [1.807, 2.05) is 6.08 Å². The minimum absolute atomic E-state index is 0.101. The van der Waals surface area contributed by atoms with Gasteiger partial charge in [0, 0.05) is 30.7 Å². The van der Waals surface area contributed by atoms with Crippen LogP contribution in [-0.2, 0) is 19.2 Å². The Labute approximate surface area is 156 Å². The van der Waals surface area contributed by atoms with Crippen molar-refractivity contribution >= 4 is 35.5 Å². The highest BCUT2D eigenvalue weighted by Gasteiger charge is 2.34.